The number of benzene rings is 1. The monoisotopic (exact) mass is 395 g/mol. The summed E-state index contributed by atoms with van der Waals surface area (Å²) in [6.45, 7) is 6.48. The van der Waals surface area contributed by atoms with Crippen LogP contribution in [0.3, 0.4) is 0 Å². The Morgan fingerprint density at radius 2 is 1.90 bits per heavy atom. The molecule has 0 radical (unpaired) electrons. The van der Waals surface area contributed by atoms with Gasteiger partial charge in [-0.3, -0.25) is 22.9 Å². The molecule has 0 saturated heterocycles. The highest BCUT2D eigenvalue weighted by atomic mass is 16.5. The summed E-state index contributed by atoms with van der Waals surface area (Å²) in [7, 11) is 3.27. The van der Waals surface area contributed by atoms with Crippen molar-refractivity contribution in [3.63, 3.8) is 0 Å². The van der Waals surface area contributed by atoms with Crippen LogP contribution in [0.5, 0.6) is 5.75 Å². The molecule has 0 aliphatic rings. The number of ether oxygens (including phenoxy) is 1. The predicted octanol–water partition coefficient (Wildman–Crippen LogP) is 2.50. The van der Waals surface area contributed by atoms with E-state index in [4.69, 9.17) is 4.74 Å². The molecular weight excluding hydrogens is 370 g/mol. The molecule has 152 valence electrons. The summed E-state index contributed by atoms with van der Waals surface area (Å²) in [5.41, 5.74) is 1.85. The van der Waals surface area contributed by atoms with Crippen molar-refractivity contribution in [2.75, 3.05) is 7.11 Å². The molecule has 0 spiro atoms. The van der Waals surface area contributed by atoms with Gasteiger partial charge in [-0.2, -0.15) is 4.98 Å². The fourth-order valence-electron chi connectivity index (χ4n) is 3.71. The standard InChI is InChI=1S/C21H25N5O3/c1-13(2)10-11-24-19(27)17-18(23(4)21(24)28)22-20-25(17)12-14(3)26(20)15-8-6-7-9-16(15)29-5/h6-9,12-13H,10-11H2,1-5H3. The van der Waals surface area contributed by atoms with Crippen LogP contribution in [-0.4, -0.2) is 30.2 Å². The summed E-state index contributed by atoms with van der Waals surface area (Å²) in [5.74, 6) is 1.65. The van der Waals surface area contributed by atoms with Crippen LogP contribution in [0, 0.1) is 12.8 Å². The van der Waals surface area contributed by atoms with Gasteiger partial charge in [0.15, 0.2) is 11.2 Å². The summed E-state index contributed by atoms with van der Waals surface area (Å²) in [6, 6.07) is 7.64. The predicted molar refractivity (Wildman–Crippen MR) is 112 cm³/mol. The zero-order valence-corrected chi connectivity index (χ0v) is 17.3. The number of nitrogens with zero attached hydrogens (tertiary/aromatic N) is 5. The van der Waals surface area contributed by atoms with Crippen LogP contribution in [-0.2, 0) is 13.6 Å². The quantitative estimate of drug-likeness (QED) is 0.520. The average molecular weight is 395 g/mol. The molecule has 0 fully saturated rings. The molecule has 0 N–H and O–H groups in total. The van der Waals surface area contributed by atoms with Crippen LogP contribution < -0.4 is 16.0 Å². The third kappa shape index (κ3) is 2.86. The Morgan fingerprint density at radius 3 is 2.59 bits per heavy atom. The molecule has 0 aliphatic carbocycles. The third-order valence-electron chi connectivity index (χ3n) is 5.28. The van der Waals surface area contributed by atoms with Crippen LogP contribution in [0.25, 0.3) is 22.6 Å². The normalized spacial score (nSPS) is 11.8. The molecule has 29 heavy (non-hydrogen) atoms. The highest BCUT2D eigenvalue weighted by molar-refractivity contribution is 5.76. The van der Waals surface area contributed by atoms with Gasteiger partial charge < -0.3 is 4.74 Å². The summed E-state index contributed by atoms with van der Waals surface area (Å²) in [5, 5.41) is 0. The minimum absolute atomic E-state index is 0.312. The van der Waals surface area contributed by atoms with Crippen LogP contribution in [0.15, 0.2) is 40.1 Å². The molecule has 0 bridgehead atoms. The summed E-state index contributed by atoms with van der Waals surface area (Å²) < 4.78 is 12.0. The lowest BCUT2D eigenvalue weighted by atomic mass is 10.1. The van der Waals surface area contributed by atoms with E-state index < -0.39 is 0 Å². The zero-order valence-electron chi connectivity index (χ0n) is 17.3. The first-order chi connectivity index (χ1) is 13.8. The third-order valence-corrected chi connectivity index (χ3v) is 5.28. The highest BCUT2D eigenvalue weighted by Crippen LogP contribution is 2.27. The van der Waals surface area contributed by atoms with E-state index in [0.717, 1.165) is 17.8 Å². The zero-order chi connectivity index (χ0) is 20.9. The van der Waals surface area contributed by atoms with Gasteiger partial charge in [-0.1, -0.05) is 26.0 Å². The van der Waals surface area contributed by atoms with Gasteiger partial charge in [0.1, 0.15) is 5.75 Å². The van der Waals surface area contributed by atoms with Gasteiger partial charge in [0, 0.05) is 25.5 Å². The van der Waals surface area contributed by atoms with Crippen molar-refractivity contribution >= 4 is 16.9 Å². The Balaban J connectivity index is 2.06. The summed E-state index contributed by atoms with van der Waals surface area (Å²) in [4.78, 5) is 30.7. The van der Waals surface area contributed by atoms with Crippen LogP contribution in [0.2, 0.25) is 0 Å². The minimum atomic E-state index is -0.343. The van der Waals surface area contributed by atoms with Crippen molar-refractivity contribution in [1.29, 1.82) is 0 Å². The Hall–Kier alpha value is -3.29. The lowest BCUT2D eigenvalue weighted by molar-refractivity contribution is 0.413. The minimum Gasteiger partial charge on any atom is -0.495 e. The Bertz CT molecular complexity index is 1340. The molecule has 0 saturated carbocycles. The van der Waals surface area contributed by atoms with E-state index in [0.29, 0.717) is 35.2 Å². The topological polar surface area (TPSA) is 75.5 Å². The van der Waals surface area contributed by atoms with Gasteiger partial charge in [0.2, 0.25) is 5.78 Å². The highest BCUT2D eigenvalue weighted by Gasteiger charge is 2.21. The number of imidazole rings is 2. The molecule has 0 amide bonds. The van der Waals surface area contributed by atoms with Gasteiger partial charge in [-0.25, -0.2) is 4.79 Å². The maximum absolute atomic E-state index is 13.2. The van der Waals surface area contributed by atoms with E-state index in [-0.39, 0.29) is 11.2 Å². The molecule has 0 unspecified atom stereocenters. The molecular formula is C21H25N5O3. The van der Waals surface area contributed by atoms with E-state index in [1.165, 1.54) is 9.13 Å². The SMILES string of the molecule is COc1ccccc1-n1c(C)cn2c3c(=O)n(CCC(C)C)c(=O)n(C)c3nc12. The number of para-hydroxylation sites is 2. The number of hydrogen-bond acceptors (Lipinski definition) is 4. The van der Waals surface area contributed by atoms with Gasteiger partial charge in [0.25, 0.3) is 5.56 Å². The molecule has 8 heteroatoms. The molecule has 4 aromatic rings. The first-order valence-electron chi connectivity index (χ1n) is 9.68. The van der Waals surface area contributed by atoms with Crippen molar-refractivity contribution in [2.45, 2.75) is 33.7 Å². The van der Waals surface area contributed by atoms with E-state index in [2.05, 4.69) is 18.8 Å². The molecule has 3 aromatic heterocycles. The summed E-state index contributed by atoms with van der Waals surface area (Å²) in [6.07, 6.45) is 2.62. The maximum atomic E-state index is 13.2. The lowest BCUT2D eigenvalue weighted by Gasteiger charge is -2.10. The Labute approximate surface area is 167 Å². The smallest absolute Gasteiger partial charge is 0.332 e. The van der Waals surface area contributed by atoms with Crippen molar-refractivity contribution in [3.8, 4) is 11.4 Å². The lowest BCUT2D eigenvalue weighted by Crippen LogP contribution is -2.39. The molecule has 0 atom stereocenters. The van der Waals surface area contributed by atoms with E-state index in [1.54, 1.807) is 18.6 Å². The van der Waals surface area contributed by atoms with Gasteiger partial charge >= 0.3 is 5.69 Å². The van der Waals surface area contributed by atoms with Crippen molar-refractivity contribution in [2.24, 2.45) is 13.0 Å². The molecule has 0 aliphatic heterocycles. The number of rotatable bonds is 5. The average Bonchev–Trinajstić information content (AvgIpc) is 3.20. The number of methoxy groups -OCH3 is 1. The van der Waals surface area contributed by atoms with Crippen LogP contribution >= 0.6 is 0 Å². The maximum Gasteiger partial charge on any atom is 0.332 e. The van der Waals surface area contributed by atoms with Gasteiger partial charge in [0.05, 0.1) is 12.8 Å². The number of fused-ring (bicyclic) bond motifs is 3. The molecule has 1 aromatic carbocycles. The molecule has 3 heterocycles. The fraction of sp³-hybridized carbons (Fsp3) is 0.381. The number of hydrogen-bond donors (Lipinski definition) is 0. The Morgan fingerprint density at radius 1 is 1.17 bits per heavy atom. The van der Waals surface area contributed by atoms with Gasteiger partial charge in [-0.05, 0) is 31.4 Å². The fourth-order valence-corrected chi connectivity index (χ4v) is 3.71. The number of aromatic nitrogens is 5. The first kappa shape index (κ1) is 19.0. The van der Waals surface area contributed by atoms with Crippen molar-refractivity contribution in [3.05, 3.63) is 57.0 Å². The number of aryl methyl sites for hydroxylation is 2. The molecule has 8 nitrogen and oxygen atoms in total. The van der Waals surface area contributed by atoms with Crippen molar-refractivity contribution in [1.82, 2.24) is 23.1 Å². The second-order valence-electron chi connectivity index (χ2n) is 7.71. The Kier molecular flexibility index (Phi) is 4.56. The van der Waals surface area contributed by atoms with E-state index >= 15 is 0 Å². The van der Waals surface area contributed by atoms with Crippen LogP contribution in [0.4, 0.5) is 0 Å². The van der Waals surface area contributed by atoms with E-state index in [9.17, 15) is 9.59 Å². The largest absolute Gasteiger partial charge is 0.495 e. The molecule has 4 rings (SSSR count). The van der Waals surface area contributed by atoms with Gasteiger partial charge in [-0.15, -0.1) is 0 Å². The second kappa shape index (κ2) is 6.95. The van der Waals surface area contributed by atoms with Crippen LogP contribution in [0.1, 0.15) is 26.0 Å². The summed E-state index contributed by atoms with van der Waals surface area (Å²) >= 11 is 0. The van der Waals surface area contributed by atoms with E-state index in [1.807, 2.05) is 42.0 Å². The van der Waals surface area contributed by atoms with Crippen molar-refractivity contribution < 1.29 is 4.74 Å². The first-order valence-corrected chi connectivity index (χ1v) is 9.68. The second-order valence-corrected chi connectivity index (χ2v) is 7.71.